The number of hydrogen-bond acceptors (Lipinski definition) is 7. The summed E-state index contributed by atoms with van der Waals surface area (Å²) in [6.07, 6.45) is -0.108. The quantitative estimate of drug-likeness (QED) is 0.165. The molecule has 8 heteroatoms. The topological polar surface area (TPSA) is 93.1 Å². The minimum atomic E-state index is -0.795. The van der Waals surface area contributed by atoms with Crippen LogP contribution in [0.15, 0.2) is 65.6 Å². The minimum absolute atomic E-state index is 0.0295. The summed E-state index contributed by atoms with van der Waals surface area (Å²) >= 11 is 1.40. The lowest BCUT2D eigenvalue weighted by molar-refractivity contribution is -0.146. The third kappa shape index (κ3) is 5.36. The van der Waals surface area contributed by atoms with Gasteiger partial charge in [0.25, 0.3) is 11.7 Å². The van der Waals surface area contributed by atoms with E-state index in [1.54, 1.807) is 63.4 Å². The average Bonchev–Trinajstić information content (AvgIpc) is 3.50. The Kier molecular flexibility index (Phi) is 8.02. The first-order valence-electron chi connectivity index (χ1n) is 12.4. The summed E-state index contributed by atoms with van der Waals surface area (Å²) in [4.78, 5) is 40.9. The molecule has 198 valence electrons. The van der Waals surface area contributed by atoms with E-state index in [0.717, 1.165) is 16.0 Å². The standard InChI is InChI=1S/C30H31NO6S/c1-17(2)22-16-20(10-13-23(22)36-5)28(33)26-27(24-7-6-14-38-24)31(30(35)29(26)34)21-11-8-19(9-12-21)15-25(32)37-18(3)4/h6-14,16-18,27,33H,15H2,1-5H3/b28-26-. The third-order valence-corrected chi connectivity index (χ3v) is 7.24. The molecular formula is C30H31NO6S. The minimum Gasteiger partial charge on any atom is -0.507 e. The largest absolute Gasteiger partial charge is 0.507 e. The van der Waals surface area contributed by atoms with Crippen LogP contribution in [0.1, 0.15) is 61.2 Å². The van der Waals surface area contributed by atoms with Crippen LogP contribution < -0.4 is 9.64 Å². The van der Waals surface area contributed by atoms with Gasteiger partial charge in [0.2, 0.25) is 0 Å². The summed E-state index contributed by atoms with van der Waals surface area (Å²) < 4.78 is 10.7. The lowest BCUT2D eigenvalue weighted by atomic mass is 9.95. The third-order valence-electron chi connectivity index (χ3n) is 6.31. The predicted molar refractivity (Wildman–Crippen MR) is 148 cm³/mol. The number of amides is 1. The zero-order chi connectivity index (χ0) is 27.6. The number of hydrogen-bond donors (Lipinski definition) is 1. The van der Waals surface area contributed by atoms with Crippen molar-refractivity contribution in [3.63, 3.8) is 0 Å². The van der Waals surface area contributed by atoms with Gasteiger partial charge in [0.1, 0.15) is 17.6 Å². The summed E-state index contributed by atoms with van der Waals surface area (Å²) in [6, 6.07) is 15.0. The maximum absolute atomic E-state index is 13.4. The second-order valence-electron chi connectivity index (χ2n) is 9.68. The molecule has 0 bridgehead atoms. The van der Waals surface area contributed by atoms with Crippen molar-refractivity contribution in [2.45, 2.75) is 52.2 Å². The molecule has 0 spiro atoms. The molecule has 0 saturated carbocycles. The van der Waals surface area contributed by atoms with E-state index >= 15 is 0 Å². The van der Waals surface area contributed by atoms with E-state index in [9.17, 15) is 19.5 Å². The number of rotatable bonds is 8. The number of benzene rings is 2. The summed E-state index contributed by atoms with van der Waals surface area (Å²) in [5.41, 5.74) is 2.56. The molecule has 2 heterocycles. The smallest absolute Gasteiger partial charge is 0.310 e. The number of ketones is 1. The van der Waals surface area contributed by atoms with Gasteiger partial charge in [-0.3, -0.25) is 19.3 Å². The fraction of sp³-hybridized carbons (Fsp3) is 0.300. The van der Waals surface area contributed by atoms with Crippen LogP contribution in [0, 0.1) is 0 Å². The predicted octanol–water partition coefficient (Wildman–Crippen LogP) is 6.00. The maximum Gasteiger partial charge on any atom is 0.310 e. The first-order chi connectivity index (χ1) is 18.1. The summed E-state index contributed by atoms with van der Waals surface area (Å²) in [5.74, 6) is -1.26. The number of ether oxygens (including phenoxy) is 2. The summed E-state index contributed by atoms with van der Waals surface area (Å²) in [6.45, 7) is 7.60. The Hall–Kier alpha value is -3.91. The monoisotopic (exact) mass is 533 g/mol. The van der Waals surface area contributed by atoms with Crippen LogP contribution in [0.5, 0.6) is 5.75 Å². The van der Waals surface area contributed by atoms with Crippen molar-refractivity contribution in [1.82, 2.24) is 0 Å². The van der Waals surface area contributed by atoms with Gasteiger partial charge >= 0.3 is 5.97 Å². The number of nitrogens with zero attached hydrogens (tertiary/aromatic N) is 1. The zero-order valence-corrected chi connectivity index (χ0v) is 22.9. The van der Waals surface area contributed by atoms with Gasteiger partial charge in [-0.25, -0.2) is 0 Å². The first kappa shape index (κ1) is 27.1. The molecule has 1 aliphatic heterocycles. The Morgan fingerprint density at radius 1 is 1.05 bits per heavy atom. The van der Waals surface area contributed by atoms with Crippen molar-refractivity contribution in [2.75, 3.05) is 12.0 Å². The van der Waals surface area contributed by atoms with Gasteiger partial charge in [0.15, 0.2) is 0 Å². The van der Waals surface area contributed by atoms with Crippen molar-refractivity contribution < 1.29 is 29.0 Å². The highest BCUT2D eigenvalue weighted by Gasteiger charge is 2.47. The Labute approximate surface area is 226 Å². The molecule has 1 N–H and O–H groups in total. The van der Waals surface area contributed by atoms with Gasteiger partial charge in [0.05, 0.1) is 25.2 Å². The molecule has 1 amide bonds. The van der Waals surface area contributed by atoms with Crippen molar-refractivity contribution in [1.29, 1.82) is 0 Å². The number of aliphatic hydroxyl groups excluding tert-OH is 1. The van der Waals surface area contributed by atoms with E-state index in [0.29, 0.717) is 17.0 Å². The van der Waals surface area contributed by atoms with E-state index in [1.165, 1.54) is 16.2 Å². The average molecular weight is 534 g/mol. The first-order valence-corrected chi connectivity index (χ1v) is 13.3. The van der Waals surface area contributed by atoms with E-state index in [-0.39, 0.29) is 35.7 Å². The highest BCUT2D eigenvalue weighted by Crippen LogP contribution is 2.44. The highest BCUT2D eigenvalue weighted by molar-refractivity contribution is 7.10. The van der Waals surface area contributed by atoms with Crippen LogP contribution in [0.4, 0.5) is 5.69 Å². The van der Waals surface area contributed by atoms with Gasteiger partial charge in [0, 0.05) is 16.1 Å². The molecule has 4 rings (SSSR count). The number of anilines is 1. The molecule has 1 aliphatic rings. The molecule has 2 aromatic carbocycles. The van der Waals surface area contributed by atoms with Crippen LogP contribution in [-0.4, -0.2) is 36.0 Å². The maximum atomic E-state index is 13.4. The number of esters is 1. The molecule has 1 unspecified atom stereocenters. The van der Waals surface area contributed by atoms with Crippen LogP contribution in [0.3, 0.4) is 0 Å². The Bertz CT molecular complexity index is 1370. The molecule has 3 aromatic rings. The second kappa shape index (κ2) is 11.2. The van der Waals surface area contributed by atoms with Crippen LogP contribution >= 0.6 is 11.3 Å². The van der Waals surface area contributed by atoms with Gasteiger partial charge in [-0.2, -0.15) is 0 Å². The van der Waals surface area contributed by atoms with Crippen LogP contribution in [0.2, 0.25) is 0 Å². The number of aliphatic hydroxyl groups is 1. The van der Waals surface area contributed by atoms with E-state index in [2.05, 4.69) is 0 Å². The summed E-state index contributed by atoms with van der Waals surface area (Å²) in [5, 5.41) is 13.3. The lowest BCUT2D eigenvalue weighted by Crippen LogP contribution is -2.29. The van der Waals surface area contributed by atoms with Crippen molar-refractivity contribution in [3.05, 3.63) is 87.1 Å². The molecule has 0 aliphatic carbocycles. The highest BCUT2D eigenvalue weighted by atomic mass is 32.1. The molecule has 1 aromatic heterocycles. The normalized spacial score (nSPS) is 16.9. The molecule has 1 atom stereocenters. The van der Waals surface area contributed by atoms with Crippen molar-refractivity contribution >= 4 is 40.4 Å². The van der Waals surface area contributed by atoms with Crippen LogP contribution in [0.25, 0.3) is 5.76 Å². The molecule has 1 saturated heterocycles. The van der Waals surface area contributed by atoms with Gasteiger partial charge in [-0.1, -0.05) is 32.0 Å². The Morgan fingerprint density at radius 3 is 2.34 bits per heavy atom. The number of Topliss-reactive ketones (excluding diaryl/α,β-unsaturated/α-hetero) is 1. The summed E-state index contributed by atoms with van der Waals surface area (Å²) in [7, 11) is 1.58. The zero-order valence-electron chi connectivity index (χ0n) is 22.1. The molecule has 7 nitrogen and oxygen atoms in total. The van der Waals surface area contributed by atoms with E-state index in [4.69, 9.17) is 9.47 Å². The molecule has 1 fully saturated rings. The lowest BCUT2D eigenvalue weighted by Gasteiger charge is -2.24. The van der Waals surface area contributed by atoms with Gasteiger partial charge < -0.3 is 14.6 Å². The Balaban J connectivity index is 1.77. The number of carbonyl (C=O) groups is 3. The molecule has 38 heavy (non-hydrogen) atoms. The fourth-order valence-corrected chi connectivity index (χ4v) is 5.37. The molecule has 0 radical (unpaired) electrons. The fourth-order valence-electron chi connectivity index (χ4n) is 4.55. The number of methoxy groups -OCH3 is 1. The van der Waals surface area contributed by atoms with E-state index < -0.39 is 17.7 Å². The van der Waals surface area contributed by atoms with Gasteiger partial charge in [-0.15, -0.1) is 11.3 Å². The Morgan fingerprint density at radius 2 is 1.76 bits per heavy atom. The second-order valence-corrected chi connectivity index (χ2v) is 10.7. The van der Waals surface area contributed by atoms with Crippen molar-refractivity contribution in [2.24, 2.45) is 0 Å². The van der Waals surface area contributed by atoms with E-state index in [1.807, 2.05) is 31.4 Å². The SMILES string of the molecule is COc1ccc(/C(O)=C2/C(=O)C(=O)N(c3ccc(CC(=O)OC(C)C)cc3)C2c2cccs2)cc1C(C)C. The van der Waals surface area contributed by atoms with Gasteiger partial charge in [-0.05, 0) is 72.7 Å². The number of thiophene rings is 1. The van der Waals surface area contributed by atoms with Crippen LogP contribution in [-0.2, 0) is 25.5 Å². The number of carbonyl (C=O) groups excluding carboxylic acids is 3. The molecular weight excluding hydrogens is 502 g/mol. The van der Waals surface area contributed by atoms with Crippen molar-refractivity contribution in [3.8, 4) is 5.75 Å².